The van der Waals surface area contributed by atoms with Gasteiger partial charge in [0.05, 0.1) is 23.0 Å². The smallest absolute Gasteiger partial charge is 0.253 e. The lowest BCUT2D eigenvalue weighted by atomic mass is 10.1. The molecule has 21 heavy (non-hydrogen) atoms. The molecule has 0 radical (unpaired) electrons. The minimum absolute atomic E-state index is 0.0149. The minimum atomic E-state index is -0.0149. The lowest BCUT2D eigenvalue weighted by Gasteiger charge is -2.23. The first-order valence-corrected chi connectivity index (χ1v) is 7.85. The Bertz CT molecular complexity index is 498. The van der Waals surface area contributed by atoms with Gasteiger partial charge < -0.3 is 20.7 Å². The molecule has 1 atom stereocenters. The number of para-hydroxylation sites is 1. The predicted molar refractivity (Wildman–Crippen MR) is 84.0 cm³/mol. The summed E-state index contributed by atoms with van der Waals surface area (Å²) in [4.78, 5) is 12.3. The highest BCUT2D eigenvalue weighted by atomic mass is 16.5. The highest BCUT2D eigenvalue weighted by molar-refractivity contribution is 6.02. The van der Waals surface area contributed by atoms with Gasteiger partial charge in [-0.25, -0.2) is 0 Å². The van der Waals surface area contributed by atoms with Gasteiger partial charge in [-0.05, 0) is 37.8 Å². The molecule has 1 aromatic rings. The Morgan fingerprint density at radius 1 is 1.29 bits per heavy atom. The molecule has 0 bridgehead atoms. The number of hydrogen-bond donors (Lipinski definition) is 3. The van der Waals surface area contributed by atoms with E-state index in [1.807, 2.05) is 18.2 Å². The molecule has 5 nitrogen and oxygen atoms in total. The molecule has 2 aliphatic rings. The molecule has 0 saturated carbocycles. The molecule has 1 fully saturated rings. The molecule has 2 aliphatic heterocycles. The Hall–Kier alpha value is -1.75. The normalized spacial score (nSPS) is 20.9. The van der Waals surface area contributed by atoms with Crippen LogP contribution in [0.15, 0.2) is 18.2 Å². The van der Waals surface area contributed by atoms with E-state index in [-0.39, 0.29) is 5.91 Å². The van der Waals surface area contributed by atoms with E-state index in [0.29, 0.717) is 18.2 Å². The standard InChI is InChI=1S/C16H23N3O2/c20-16(19-8-7-12-4-1-2-11-21-12)13-5-3-6-14-15(13)18-10-9-17-14/h3,5-6,12,17-18H,1-2,4,7-11H2,(H,19,20). The summed E-state index contributed by atoms with van der Waals surface area (Å²) >= 11 is 0. The molecule has 1 aromatic carbocycles. The zero-order chi connectivity index (χ0) is 14.5. The van der Waals surface area contributed by atoms with Gasteiger partial charge >= 0.3 is 0 Å². The molecule has 1 unspecified atom stereocenters. The fraction of sp³-hybridized carbons (Fsp3) is 0.562. The molecule has 0 aromatic heterocycles. The van der Waals surface area contributed by atoms with Crippen LogP contribution in [0.3, 0.4) is 0 Å². The second-order valence-corrected chi connectivity index (χ2v) is 5.61. The summed E-state index contributed by atoms with van der Waals surface area (Å²) in [6, 6.07) is 5.78. The monoisotopic (exact) mass is 289 g/mol. The van der Waals surface area contributed by atoms with E-state index in [9.17, 15) is 4.79 Å². The van der Waals surface area contributed by atoms with Gasteiger partial charge in [0.25, 0.3) is 5.91 Å². The predicted octanol–water partition coefficient (Wildman–Crippen LogP) is 2.21. The molecule has 2 heterocycles. The number of ether oxygens (including phenoxy) is 1. The van der Waals surface area contributed by atoms with Crippen molar-refractivity contribution in [2.75, 3.05) is 36.9 Å². The average Bonchev–Trinajstić information content (AvgIpc) is 2.55. The van der Waals surface area contributed by atoms with Crippen molar-refractivity contribution >= 4 is 17.3 Å². The zero-order valence-electron chi connectivity index (χ0n) is 12.3. The summed E-state index contributed by atoms with van der Waals surface area (Å²) in [7, 11) is 0. The maximum atomic E-state index is 12.3. The number of benzene rings is 1. The van der Waals surface area contributed by atoms with Crippen LogP contribution in [0.25, 0.3) is 0 Å². The number of hydrogen-bond acceptors (Lipinski definition) is 4. The third-order valence-electron chi connectivity index (χ3n) is 4.08. The van der Waals surface area contributed by atoms with Gasteiger partial charge in [-0.15, -0.1) is 0 Å². The van der Waals surface area contributed by atoms with Gasteiger partial charge in [0, 0.05) is 26.2 Å². The fourth-order valence-corrected chi connectivity index (χ4v) is 2.94. The van der Waals surface area contributed by atoms with Crippen LogP contribution in [0.1, 0.15) is 36.0 Å². The first-order chi connectivity index (χ1) is 10.3. The van der Waals surface area contributed by atoms with Crippen LogP contribution in [0.4, 0.5) is 11.4 Å². The number of nitrogens with one attached hydrogen (secondary N) is 3. The largest absolute Gasteiger partial charge is 0.382 e. The highest BCUT2D eigenvalue weighted by Crippen LogP contribution is 2.28. The van der Waals surface area contributed by atoms with Gasteiger partial charge in [0.2, 0.25) is 0 Å². The minimum Gasteiger partial charge on any atom is -0.382 e. The van der Waals surface area contributed by atoms with Crippen molar-refractivity contribution in [2.24, 2.45) is 0 Å². The van der Waals surface area contributed by atoms with Crippen molar-refractivity contribution in [3.05, 3.63) is 23.8 Å². The number of fused-ring (bicyclic) bond motifs is 1. The van der Waals surface area contributed by atoms with E-state index >= 15 is 0 Å². The van der Waals surface area contributed by atoms with E-state index in [2.05, 4.69) is 16.0 Å². The van der Waals surface area contributed by atoms with Crippen molar-refractivity contribution < 1.29 is 9.53 Å². The summed E-state index contributed by atoms with van der Waals surface area (Å²) in [5.41, 5.74) is 2.63. The van der Waals surface area contributed by atoms with E-state index in [4.69, 9.17) is 4.74 Å². The second-order valence-electron chi connectivity index (χ2n) is 5.61. The van der Waals surface area contributed by atoms with Crippen LogP contribution in [0, 0.1) is 0 Å². The lowest BCUT2D eigenvalue weighted by Crippen LogP contribution is -2.31. The number of carbonyl (C=O) groups is 1. The molecule has 3 N–H and O–H groups in total. The molecule has 1 saturated heterocycles. The van der Waals surface area contributed by atoms with E-state index in [1.54, 1.807) is 0 Å². The Morgan fingerprint density at radius 2 is 2.19 bits per heavy atom. The molecular weight excluding hydrogens is 266 g/mol. The quantitative estimate of drug-likeness (QED) is 0.795. The third kappa shape index (κ3) is 3.47. The van der Waals surface area contributed by atoms with E-state index in [1.165, 1.54) is 6.42 Å². The summed E-state index contributed by atoms with van der Waals surface area (Å²) in [5, 5.41) is 9.62. The molecule has 0 spiro atoms. The topological polar surface area (TPSA) is 62.4 Å². The highest BCUT2D eigenvalue weighted by Gasteiger charge is 2.18. The van der Waals surface area contributed by atoms with Gasteiger partial charge in [-0.1, -0.05) is 6.07 Å². The van der Waals surface area contributed by atoms with Crippen molar-refractivity contribution in [3.63, 3.8) is 0 Å². The van der Waals surface area contributed by atoms with Crippen LogP contribution in [-0.4, -0.2) is 38.3 Å². The van der Waals surface area contributed by atoms with Crippen LogP contribution in [0.2, 0.25) is 0 Å². The number of rotatable bonds is 4. The lowest BCUT2D eigenvalue weighted by molar-refractivity contribution is 0.0117. The van der Waals surface area contributed by atoms with Gasteiger partial charge in [0.15, 0.2) is 0 Å². The van der Waals surface area contributed by atoms with Crippen LogP contribution < -0.4 is 16.0 Å². The molecule has 114 valence electrons. The summed E-state index contributed by atoms with van der Waals surface area (Å²) in [5.74, 6) is -0.0149. The third-order valence-corrected chi connectivity index (χ3v) is 4.08. The Morgan fingerprint density at radius 3 is 3.05 bits per heavy atom. The number of anilines is 2. The second kappa shape index (κ2) is 6.80. The van der Waals surface area contributed by atoms with Crippen molar-refractivity contribution in [1.29, 1.82) is 0 Å². The first kappa shape index (κ1) is 14.2. The SMILES string of the molecule is O=C(NCCC1CCCCO1)c1cccc2c1NCCN2. The Balaban J connectivity index is 1.55. The molecule has 0 aliphatic carbocycles. The zero-order valence-corrected chi connectivity index (χ0v) is 12.3. The average molecular weight is 289 g/mol. The Kier molecular flexibility index (Phi) is 4.60. The molecule has 3 rings (SSSR count). The molecule has 1 amide bonds. The van der Waals surface area contributed by atoms with Gasteiger partial charge in [-0.3, -0.25) is 4.79 Å². The van der Waals surface area contributed by atoms with Gasteiger partial charge in [0.1, 0.15) is 0 Å². The van der Waals surface area contributed by atoms with Crippen LogP contribution in [0.5, 0.6) is 0 Å². The van der Waals surface area contributed by atoms with E-state index < -0.39 is 0 Å². The van der Waals surface area contributed by atoms with Crippen LogP contribution in [-0.2, 0) is 4.74 Å². The van der Waals surface area contributed by atoms with Crippen molar-refractivity contribution in [2.45, 2.75) is 31.8 Å². The summed E-state index contributed by atoms with van der Waals surface area (Å²) < 4.78 is 5.68. The maximum absolute atomic E-state index is 12.3. The summed E-state index contributed by atoms with van der Waals surface area (Å²) in [6.07, 6.45) is 4.72. The molecular formula is C16H23N3O2. The van der Waals surface area contributed by atoms with Crippen LogP contribution >= 0.6 is 0 Å². The fourth-order valence-electron chi connectivity index (χ4n) is 2.94. The van der Waals surface area contributed by atoms with E-state index in [0.717, 1.165) is 50.3 Å². The molecule has 5 heteroatoms. The Labute approximate surface area is 125 Å². The first-order valence-electron chi connectivity index (χ1n) is 7.85. The maximum Gasteiger partial charge on any atom is 0.253 e. The summed E-state index contributed by atoms with van der Waals surface area (Å²) in [6.45, 7) is 3.26. The number of carbonyl (C=O) groups excluding carboxylic acids is 1. The number of amides is 1. The van der Waals surface area contributed by atoms with Gasteiger partial charge in [-0.2, -0.15) is 0 Å². The van der Waals surface area contributed by atoms with Crippen molar-refractivity contribution in [3.8, 4) is 0 Å². The van der Waals surface area contributed by atoms with Crippen molar-refractivity contribution in [1.82, 2.24) is 5.32 Å².